The first-order chi connectivity index (χ1) is 25.6. The van der Waals surface area contributed by atoms with Gasteiger partial charge in [0.25, 0.3) is 0 Å². The van der Waals surface area contributed by atoms with Gasteiger partial charge in [-0.2, -0.15) is 0 Å². The van der Waals surface area contributed by atoms with Gasteiger partial charge in [0.15, 0.2) is 6.10 Å². The number of esters is 4. The molecule has 6 unspecified atom stereocenters. The van der Waals surface area contributed by atoms with Gasteiger partial charge in [0, 0.05) is 61.5 Å². The predicted molar refractivity (Wildman–Crippen MR) is 195 cm³/mol. The molecule has 6 aliphatic heterocycles. The molecule has 6 heterocycles. The second-order valence-electron chi connectivity index (χ2n) is 16.8. The van der Waals surface area contributed by atoms with Crippen molar-refractivity contribution in [3.8, 4) is 11.5 Å². The smallest absolute Gasteiger partial charge is 0.315 e. The molecule has 0 aromatic heterocycles. The van der Waals surface area contributed by atoms with Gasteiger partial charge in [0.1, 0.15) is 49.1 Å². The average Bonchev–Trinajstić information content (AvgIpc) is 3.79. The van der Waals surface area contributed by atoms with Crippen molar-refractivity contribution in [1.29, 1.82) is 0 Å². The molecule has 8 aliphatic rings. The van der Waals surface area contributed by atoms with Crippen molar-refractivity contribution in [3.63, 3.8) is 0 Å². The van der Waals surface area contributed by atoms with Crippen LogP contribution in [0.2, 0.25) is 0 Å². The number of allylic oxidation sites excluding steroid dienone is 1. The number of benzene rings is 2. The van der Waals surface area contributed by atoms with Crippen molar-refractivity contribution in [1.82, 2.24) is 0 Å². The molecule has 2 aromatic carbocycles. The first kappa shape index (κ1) is 41.6. The van der Waals surface area contributed by atoms with Crippen LogP contribution in [0.5, 0.6) is 11.5 Å². The van der Waals surface area contributed by atoms with Gasteiger partial charge in [-0.1, -0.05) is 26.0 Å². The van der Waals surface area contributed by atoms with E-state index in [9.17, 15) is 19.2 Å². The Kier molecular flexibility index (Phi) is 13.0. The SMILES string of the molecule is CCC(=O)Oc1ccc(C[N+]23CCC(CC2)C(OC(=O)C2C4C=CC(C4)C2OC(=O)C2C[N+]4(Cc5ccc(OC(=O)CC)cc5)CCC2CC4)C3)cc1.[Br-].[Br-]. The van der Waals surface area contributed by atoms with Gasteiger partial charge < -0.3 is 61.9 Å². The van der Waals surface area contributed by atoms with Crippen molar-refractivity contribution >= 4 is 23.9 Å². The standard InChI is InChI=1S/C43H54N2O8.2BrH/c1-3-38(46)50-34-11-5-28(6-12-34)24-44-19-15-30(16-20-44)36(26-44)42(48)53-41-33-10-9-32(23-33)40(41)43(49)52-37-27-45(21-17-31(37)18-22-45)25-29-7-13-35(14-8-29)51-39(47)4-2;;/h5-14,30-33,36-37,40-41H,3-4,15-27H2,1-2H3;2*1H/q+2;;/p-2. The van der Waals surface area contributed by atoms with Crippen LogP contribution in [0.4, 0.5) is 0 Å². The van der Waals surface area contributed by atoms with Crippen LogP contribution < -0.4 is 43.4 Å². The second kappa shape index (κ2) is 17.2. The zero-order valence-electron chi connectivity index (χ0n) is 31.9. The summed E-state index contributed by atoms with van der Waals surface area (Å²) >= 11 is 0. The fraction of sp³-hybridized carbons (Fsp3) is 0.581. The summed E-state index contributed by atoms with van der Waals surface area (Å²) in [5.41, 5.74) is 2.35. The highest BCUT2D eigenvalue weighted by molar-refractivity contribution is 5.78. The number of nitrogens with zero attached hydrogens (tertiary/aromatic N) is 2. The molecule has 10 nitrogen and oxygen atoms in total. The molecule has 6 atom stereocenters. The van der Waals surface area contributed by atoms with Crippen LogP contribution in [-0.4, -0.2) is 84.3 Å². The molecule has 6 saturated heterocycles. The molecule has 0 radical (unpaired) electrons. The maximum absolute atomic E-state index is 14.1. The number of quaternary nitrogens is 2. The molecule has 1 saturated carbocycles. The number of fused-ring (bicyclic) bond motifs is 8. The lowest BCUT2D eigenvalue weighted by Gasteiger charge is -2.52. The Hall–Kier alpha value is -3.06. The van der Waals surface area contributed by atoms with Gasteiger partial charge in [0.05, 0.1) is 32.7 Å². The summed E-state index contributed by atoms with van der Waals surface area (Å²) in [6.45, 7) is 11.0. The van der Waals surface area contributed by atoms with Crippen LogP contribution in [-0.2, 0) is 41.7 Å². The highest BCUT2D eigenvalue weighted by Crippen LogP contribution is 2.48. The van der Waals surface area contributed by atoms with Crippen molar-refractivity contribution in [2.45, 2.75) is 84.1 Å². The normalized spacial score (nSPS) is 33.6. The van der Waals surface area contributed by atoms with E-state index in [1.54, 1.807) is 13.8 Å². The van der Waals surface area contributed by atoms with Gasteiger partial charge >= 0.3 is 23.9 Å². The molecule has 55 heavy (non-hydrogen) atoms. The van der Waals surface area contributed by atoms with E-state index in [-0.39, 0.29) is 81.7 Å². The van der Waals surface area contributed by atoms with Crippen molar-refractivity contribution in [2.75, 3.05) is 39.3 Å². The maximum Gasteiger partial charge on any atom is 0.315 e. The Bertz CT molecular complexity index is 1730. The lowest BCUT2D eigenvalue weighted by atomic mass is 9.76. The monoisotopic (exact) mass is 884 g/mol. The number of hydrogen-bond acceptors (Lipinski definition) is 8. The van der Waals surface area contributed by atoms with E-state index in [0.29, 0.717) is 36.2 Å². The fourth-order valence-electron chi connectivity index (χ4n) is 10.6. The van der Waals surface area contributed by atoms with Gasteiger partial charge in [-0.15, -0.1) is 0 Å². The third-order valence-electron chi connectivity index (χ3n) is 13.5. The number of carbonyl (C=O) groups excluding carboxylic acids is 4. The summed E-state index contributed by atoms with van der Waals surface area (Å²) in [5.74, 6) is 0.406. The van der Waals surface area contributed by atoms with Crippen LogP contribution in [0.1, 0.15) is 69.9 Å². The van der Waals surface area contributed by atoms with E-state index in [1.165, 1.54) is 11.1 Å². The molecule has 0 spiro atoms. The van der Waals surface area contributed by atoms with Crippen molar-refractivity contribution in [3.05, 3.63) is 71.8 Å². The van der Waals surface area contributed by atoms with Crippen LogP contribution in [0.15, 0.2) is 60.7 Å². The first-order valence-electron chi connectivity index (χ1n) is 20.0. The summed E-state index contributed by atoms with van der Waals surface area (Å²) in [4.78, 5) is 51.6. The van der Waals surface area contributed by atoms with Crippen LogP contribution in [0.3, 0.4) is 0 Å². The topological polar surface area (TPSA) is 105 Å². The number of piperidine rings is 6. The molecule has 12 heteroatoms. The molecular formula is C43H54Br2N2O8. The van der Waals surface area contributed by atoms with E-state index in [1.807, 2.05) is 48.5 Å². The largest absolute Gasteiger partial charge is 1.00 e. The third kappa shape index (κ3) is 8.77. The molecule has 6 bridgehead atoms. The summed E-state index contributed by atoms with van der Waals surface area (Å²) < 4.78 is 25.4. The zero-order chi connectivity index (χ0) is 36.7. The van der Waals surface area contributed by atoms with Gasteiger partial charge in [-0.3, -0.25) is 19.2 Å². The lowest BCUT2D eigenvalue weighted by Crippen LogP contribution is -3.00. The Labute approximate surface area is 345 Å². The molecule has 0 N–H and O–H groups in total. The number of carbonyl (C=O) groups is 4. The molecular weight excluding hydrogens is 832 g/mol. The molecule has 10 rings (SSSR count). The van der Waals surface area contributed by atoms with Crippen molar-refractivity contribution < 1.29 is 81.1 Å². The number of ether oxygens (including phenoxy) is 4. The molecule has 0 amide bonds. The Balaban J connectivity index is 0.00000257. The first-order valence-corrected chi connectivity index (χ1v) is 20.0. The van der Waals surface area contributed by atoms with Gasteiger partial charge in [-0.05, 0) is 66.8 Å². The Morgan fingerprint density at radius 2 is 1.11 bits per heavy atom. The summed E-state index contributed by atoms with van der Waals surface area (Å²) in [5, 5.41) is 0. The maximum atomic E-state index is 14.1. The number of halogens is 2. The molecule has 2 aliphatic carbocycles. The van der Waals surface area contributed by atoms with E-state index >= 15 is 0 Å². The minimum atomic E-state index is -0.475. The summed E-state index contributed by atoms with van der Waals surface area (Å²) in [7, 11) is 0. The Morgan fingerprint density at radius 1 is 0.618 bits per heavy atom. The molecule has 2 aromatic rings. The summed E-state index contributed by atoms with van der Waals surface area (Å²) in [6.07, 6.45) is 9.19. The highest BCUT2D eigenvalue weighted by atomic mass is 79.9. The highest BCUT2D eigenvalue weighted by Gasteiger charge is 2.56. The third-order valence-corrected chi connectivity index (χ3v) is 13.5. The average molecular weight is 887 g/mol. The van der Waals surface area contributed by atoms with Crippen LogP contribution in [0.25, 0.3) is 0 Å². The van der Waals surface area contributed by atoms with E-state index < -0.39 is 12.0 Å². The lowest BCUT2D eigenvalue weighted by molar-refractivity contribution is -0.958. The van der Waals surface area contributed by atoms with Gasteiger partial charge in [0.2, 0.25) is 0 Å². The predicted octanol–water partition coefficient (Wildman–Crippen LogP) is -0.232. The van der Waals surface area contributed by atoms with E-state index in [0.717, 1.165) is 93.4 Å². The minimum Gasteiger partial charge on any atom is -1.00 e. The Morgan fingerprint density at radius 3 is 1.64 bits per heavy atom. The number of rotatable bonds is 12. The molecule has 7 fully saturated rings. The summed E-state index contributed by atoms with van der Waals surface area (Å²) in [6, 6.07) is 15.6. The minimum absolute atomic E-state index is 0. The van der Waals surface area contributed by atoms with Crippen molar-refractivity contribution in [2.24, 2.45) is 35.5 Å². The van der Waals surface area contributed by atoms with Crippen LogP contribution in [0, 0.1) is 35.5 Å². The molecule has 298 valence electrons. The van der Waals surface area contributed by atoms with Gasteiger partial charge in [-0.25, -0.2) is 0 Å². The van der Waals surface area contributed by atoms with Crippen LogP contribution >= 0.6 is 0 Å². The quantitative estimate of drug-likeness (QED) is 0.125. The number of hydrogen-bond donors (Lipinski definition) is 0. The van der Waals surface area contributed by atoms with E-state index in [2.05, 4.69) is 12.2 Å². The van der Waals surface area contributed by atoms with E-state index in [4.69, 9.17) is 18.9 Å². The second-order valence-corrected chi connectivity index (χ2v) is 16.8. The zero-order valence-corrected chi connectivity index (χ0v) is 35.1. The fourth-order valence-corrected chi connectivity index (χ4v) is 10.6.